The van der Waals surface area contributed by atoms with Crippen molar-refractivity contribution in [3.8, 4) is 0 Å². The molecule has 1 unspecified atom stereocenters. The number of aromatic nitrogens is 2. The lowest BCUT2D eigenvalue weighted by atomic mass is 9.87. The number of aryl methyl sites for hydroxylation is 1. The van der Waals surface area contributed by atoms with Crippen LogP contribution in [0.4, 0.5) is 0 Å². The Morgan fingerprint density at radius 1 is 1.39 bits per heavy atom. The van der Waals surface area contributed by atoms with Gasteiger partial charge in [-0.25, -0.2) is 0 Å². The largest absolute Gasteiger partial charge is 0.371 e. The van der Waals surface area contributed by atoms with Crippen LogP contribution < -0.4 is 0 Å². The lowest BCUT2D eigenvalue weighted by Gasteiger charge is -2.34. The van der Waals surface area contributed by atoms with Crippen molar-refractivity contribution in [2.24, 2.45) is 12.5 Å². The van der Waals surface area contributed by atoms with Crippen LogP contribution >= 0.6 is 0 Å². The molecule has 23 heavy (non-hydrogen) atoms. The van der Waals surface area contributed by atoms with Gasteiger partial charge in [-0.1, -0.05) is 0 Å². The molecule has 1 aromatic heterocycles. The highest BCUT2D eigenvalue weighted by molar-refractivity contribution is 5.92. The average molecular weight is 320 g/mol. The number of amides is 2. The van der Waals surface area contributed by atoms with E-state index in [1.54, 1.807) is 24.0 Å². The van der Waals surface area contributed by atoms with Gasteiger partial charge in [0.15, 0.2) is 0 Å². The topological polar surface area (TPSA) is 67.7 Å². The summed E-state index contributed by atoms with van der Waals surface area (Å²) in [4.78, 5) is 28.4. The van der Waals surface area contributed by atoms with Gasteiger partial charge in [0.2, 0.25) is 5.91 Å². The highest BCUT2D eigenvalue weighted by atomic mass is 16.5. The number of rotatable bonds is 2. The third-order valence-corrected chi connectivity index (χ3v) is 4.74. The van der Waals surface area contributed by atoms with Gasteiger partial charge < -0.3 is 14.5 Å². The molecule has 0 bridgehead atoms. The molecule has 0 aromatic carbocycles. The third-order valence-electron chi connectivity index (χ3n) is 4.74. The highest BCUT2D eigenvalue weighted by Crippen LogP contribution is 2.34. The van der Waals surface area contributed by atoms with E-state index >= 15 is 0 Å². The summed E-state index contributed by atoms with van der Waals surface area (Å²) in [7, 11) is 1.80. The maximum atomic E-state index is 12.6. The molecule has 0 radical (unpaired) electrons. The molecule has 0 aliphatic carbocycles. The van der Waals surface area contributed by atoms with Crippen molar-refractivity contribution in [2.45, 2.75) is 26.3 Å². The fraction of sp³-hybridized carbons (Fsp3) is 0.688. The quantitative estimate of drug-likeness (QED) is 0.797. The molecule has 126 valence electrons. The Hall–Kier alpha value is -1.89. The normalized spacial score (nSPS) is 25.5. The second-order valence-electron chi connectivity index (χ2n) is 6.96. The monoisotopic (exact) mass is 320 g/mol. The molecule has 7 heteroatoms. The molecular formula is C16H24N4O3. The smallest absolute Gasteiger partial charge is 0.274 e. The number of carbonyl (C=O) groups is 2. The van der Waals surface area contributed by atoms with Crippen molar-refractivity contribution < 1.29 is 14.3 Å². The van der Waals surface area contributed by atoms with Gasteiger partial charge in [-0.05, 0) is 26.3 Å². The van der Waals surface area contributed by atoms with E-state index in [0.29, 0.717) is 31.9 Å². The summed E-state index contributed by atoms with van der Waals surface area (Å²) in [6.07, 6.45) is 2.62. The van der Waals surface area contributed by atoms with Crippen molar-refractivity contribution in [3.05, 3.63) is 18.0 Å². The molecule has 1 aromatic rings. The van der Waals surface area contributed by atoms with Gasteiger partial charge in [0.25, 0.3) is 5.91 Å². The van der Waals surface area contributed by atoms with Crippen LogP contribution in [0.5, 0.6) is 0 Å². The molecule has 1 atom stereocenters. The second kappa shape index (κ2) is 5.96. The first kappa shape index (κ1) is 16.0. The molecular weight excluding hydrogens is 296 g/mol. The minimum Gasteiger partial charge on any atom is -0.371 e. The van der Waals surface area contributed by atoms with Crippen LogP contribution in [-0.4, -0.2) is 70.3 Å². The molecule has 7 nitrogen and oxygen atoms in total. The Morgan fingerprint density at radius 3 is 2.83 bits per heavy atom. The minimum absolute atomic E-state index is 0.0337. The van der Waals surface area contributed by atoms with Crippen LogP contribution in [0.15, 0.2) is 12.3 Å². The number of carbonyl (C=O) groups excluding carboxylic acids is 2. The van der Waals surface area contributed by atoms with E-state index in [2.05, 4.69) is 5.10 Å². The first-order valence-corrected chi connectivity index (χ1v) is 8.06. The molecule has 2 aliphatic rings. The average Bonchev–Trinajstić information content (AvgIpc) is 3.06. The van der Waals surface area contributed by atoms with Crippen molar-refractivity contribution in [1.82, 2.24) is 19.6 Å². The minimum atomic E-state index is -0.166. The van der Waals surface area contributed by atoms with E-state index in [4.69, 9.17) is 4.74 Å². The zero-order valence-electron chi connectivity index (χ0n) is 14.0. The Labute approximate surface area is 136 Å². The Balaban J connectivity index is 1.74. The summed E-state index contributed by atoms with van der Waals surface area (Å²) in [6.45, 7) is 6.63. The predicted octanol–water partition coefficient (Wildman–Crippen LogP) is 0.520. The number of likely N-dealkylation sites (tertiary alicyclic amines) is 1. The van der Waals surface area contributed by atoms with E-state index in [0.717, 1.165) is 6.42 Å². The van der Waals surface area contributed by atoms with Crippen molar-refractivity contribution in [1.29, 1.82) is 0 Å². The third kappa shape index (κ3) is 3.10. The maximum Gasteiger partial charge on any atom is 0.274 e. The van der Waals surface area contributed by atoms with Crippen LogP contribution in [0.25, 0.3) is 0 Å². The molecule has 0 saturated carbocycles. The number of nitrogens with zero attached hydrogens (tertiary/aromatic N) is 4. The molecule has 3 rings (SSSR count). The summed E-state index contributed by atoms with van der Waals surface area (Å²) in [5.74, 6) is -0.0134. The van der Waals surface area contributed by atoms with Crippen molar-refractivity contribution in [3.63, 3.8) is 0 Å². The zero-order chi connectivity index (χ0) is 16.6. The van der Waals surface area contributed by atoms with Gasteiger partial charge >= 0.3 is 0 Å². The van der Waals surface area contributed by atoms with Crippen LogP contribution in [0.2, 0.25) is 0 Å². The van der Waals surface area contributed by atoms with Gasteiger partial charge in [-0.15, -0.1) is 0 Å². The molecule has 2 aliphatic heterocycles. The van der Waals surface area contributed by atoms with E-state index in [1.165, 1.54) is 0 Å². The van der Waals surface area contributed by atoms with Crippen molar-refractivity contribution >= 4 is 11.8 Å². The number of ether oxygens (including phenoxy) is 1. The fourth-order valence-corrected chi connectivity index (χ4v) is 3.45. The molecule has 2 amide bonds. The summed E-state index contributed by atoms with van der Waals surface area (Å²) >= 11 is 0. The molecule has 2 fully saturated rings. The summed E-state index contributed by atoms with van der Waals surface area (Å²) in [6, 6.07) is 1.88. The lowest BCUT2D eigenvalue weighted by molar-refractivity contribution is -0.135. The first-order valence-electron chi connectivity index (χ1n) is 8.06. The van der Waals surface area contributed by atoms with Gasteiger partial charge in [0, 0.05) is 44.3 Å². The number of hydrogen-bond acceptors (Lipinski definition) is 4. The van der Waals surface area contributed by atoms with Crippen LogP contribution in [0.1, 0.15) is 30.8 Å². The molecule has 1 spiro atoms. The van der Waals surface area contributed by atoms with E-state index in [1.807, 2.05) is 23.6 Å². The summed E-state index contributed by atoms with van der Waals surface area (Å²) in [5, 5.41) is 4.19. The van der Waals surface area contributed by atoms with Crippen molar-refractivity contribution in [2.75, 3.05) is 32.8 Å². The first-order chi connectivity index (χ1) is 10.9. The van der Waals surface area contributed by atoms with E-state index in [9.17, 15) is 9.59 Å². The zero-order valence-corrected chi connectivity index (χ0v) is 14.0. The van der Waals surface area contributed by atoms with Gasteiger partial charge in [-0.2, -0.15) is 5.10 Å². The van der Waals surface area contributed by atoms with Crippen LogP contribution in [-0.2, 0) is 16.6 Å². The molecule has 0 N–H and O–H groups in total. The van der Waals surface area contributed by atoms with E-state index in [-0.39, 0.29) is 29.9 Å². The standard InChI is InChI=1S/C16H24N4O3/c1-12(2)20-10-16(11-23-8-14(20)21)5-7-19(9-16)15(22)13-4-6-18(3)17-13/h4,6,12H,5,7-11H2,1-3H3. The van der Waals surface area contributed by atoms with Gasteiger partial charge in [0.05, 0.1) is 6.61 Å². The van der Waals surface area contributed by atoms with Gasteiger partial charge in [0.1, 0.15) is 12.3 Å². The Bertz CT molecular complexity index is 612. The van der Waals surface area contributed by atoms with Gasteiger partial charge in [-0.3, -0.25) is 14.3 Å². The lowest BCUT2D eigenvalue weighted by Crippen LogP contribution is -2.46. The highest BCUT2D eigenvalue weighted by Gasteiger charge is 2.44. The number of hydrogen-bond donors (Lipinski definition) is 0. The summed E-state index contributed by atoms with van der Waals surface area (Å²) < 4.78 is 7.25. The fourth-order valence-electron chi connectivity index (χ4n) is 3.45. The SMILES string of the molecule is CC(C)N1CC2(CCN(C(=O)c3ccn(C)n3)C2)COCC1=O. The van der Waals surface area contributed by atoms with Crippen LogP contribution in [0.3, 0.4) is 0 Å². The Morgan fingerprint density at radius 2 is 2.17 bits per heavy atom. The van der Waals surface area contributed by atoms with E-state index < -0.39 is 0 Å². The predicted molar refractivity (Wildman–Crippen MR) is 83.8 cm³/mol. The van der Waals surface area contributed by atoms with Crippen LogP contribution in [0, 0.1) is 5.41 Å². The second-order valence-corrected chi connectivity index (χ2v) is 6.96. The molecule has 2 saturated heterocycles. The Kier molecular flexibility index (Phi) is 4.14. The maximum absolute atomic E-state index is 12.6. The molecule has 3 heterocycles. The summed E-state index contributed by atoms with van der Waals surface area (Å²) in [5.41, 5.74) is 0.303.